The van der Waals surface area contributed by atoms with Gasteiger partial charge in [0.1, 0.15) is 13.1 Å². The number of nitrogens with zero attached hydrogens (tertiary/aromatic N) is 2. The van der Waals surface area contributed by atoms with Crippen LogP contribution >= 0.6 is 11.8 Å². The van der Waals surface area contributed by atoms with Crippen LogP contribution in [0.2, 0.25) is 0 Å². The number of hydrogen-bond acceptors (Lipinski definition) is 5. The third kappa shape index (κ3) is 4.42. The molecule has 1 aliphatic rings. The predicted molar refractivity (Wildman–Crippen MR) is 122 cm³/mol. The van der Waals surface area contributed by atoms with E-state index in [0.29, 0.717) is 27.9 Å². The quantitative estimate of drug-likeness (QED) is 0.556. The van der Waals surface area contributed by atoms with Crippen molar-refractivity contribution in [2.75, 3.05) is 11.9 Å². The Morgan fingerprint density at radius 1 is 1.09 bits per heavy atom. The maximum absolute atomic E-state index is 12.6. The van der Waals surface area contributed by atoms with Crippen molar-refractivity contribution < 1.29 is 24.3 Å². The van der Waals surface area contributed by atoms with Crippen LogP contribution in [-0.4, -0.2) is 44.1 Å². The summed E-state index contributed by atoms with van der Waals surface area (Å²) in [5.41, 5.74) is 3.19. The highest BCUT2D eigenvalue weighted by Gasteiger charge is 2.36. The second-order valence-electron chi connectivity index (χ2n) is 7.31. The Labute approximate surface area is 187 Å². The molecule has 0 spiro atoms. The number of aryl methyl sites for hydroxylation is 1. The molecule has 0 aliphatic carbocycles. The van der Waals surface area contributed by atoms with Crippen molar-refractivity contribution in [1.29, 1.82) is 0 Å². The van der Waals surface area contributed by atoms with E-state index < -0.39 is 23.7 Å². The van der Waals surface area contributed by atoms with Gasteiger partial charge in [0.15, 0.2) is 0 Å². The average Bonchev–Trinajstić information content (AvgIpc) is 3.20. The third-order valence-corrected chi connectivity index (χ3v) is 5.80. The molecular formula is C23H19N3O5S. The maximum atomic E-state index is 12.6. The molecule has 1 fully saturated rings. The van der Waals surface area contributed by atoms with Crippen LogP contribution in [0.15, 0.2) is 59.6 Å². The first-order valence-electron chi connectivity index (χ1n) is 9.73. The molecule has 2 heterocycles. The van der Waals surface area contributed by atoms with Gasteiger partial charge in [-0.25, -0.2) is 0 Å². The number of carboxylic acids is 1. The lowest BCUT2D eigenvalue weighted by Gasteiger charge is -2.08. The van der Waals surface area contributed by atoms with Crippen LogP contribution < -0.4 is 5.32 Å². The van der Waals surface area contributed by atoms with E-state index in [-0.39, 0.29) is 17.4 Å². The molecular weight excluding hydrogens is 430 g/mol. The van der Waals surface area contributed by atoms with Gasteiger partial charge in [-0.2, -0.15) is 0 Å². The van der Waals surface area contributed by atoms with Gasteiger partial charge < -0.3 is 15.0 Å². The molecule has 32 heavy (non-hydrogen) atoms. The van der Waals surface area contributed by atoms with Crippen molar-refractivity contribution >= 4 is 57.5 Å². The molecule has 3 amide bonds. The first-order valence-corrected chi connectivity index (χ1v) is 10.5. The minimum absolute atomic E-state index is 0.0583. The number of aliphatic carboxylic acids is 1. The maximum Gasteiger partial charge on any atom is 0.323 e. The Balaban J connectivity index is 1.61. The minimum Gasteiger partial charge on any atom is -0.480 e. The van der Waals surface area contributed by atoms with Gasteiger partial charge in [-0.1, -0.05) is 30.3 Å². The first-order chi connectivity index (χ1) is 15.3. The Kier molecular flexibility index (Phi) is 5.83. The van der Waals surface area contributed by atoms with Gasteiger partial charge in [-0.05, 0) is 48.5 Å². The molecule has 0 unspecified atom stereocenters. The summed E-state index contributed by atoms with van der Waals surface area (Å²) >= 11 is 0.700. The van der Waals surface area contributed by atoms with Crippen LogP contribution in [0.4, 0.5) is 10.5 Å². The van der Waals surface area contributed by atoms with Crippen molar-refractivity contribution in [3.63, 3.8) is 0 Å². The highest BCUT2D eigenvalue weighted by Crippen LogP contribution is 2.34. The van der Waals surface area contributed by atoms with Crippen LogP contribution in [0.3, 0.4) is 0 Å². The number of carbonyl (C=O) groups is 4. The van der Waals surface area contributed by atoms with E-state index in [2.05, 4.69) is 5.32 Å². The molecule has 0 bridgehead atoms. The van der Waals surface area contributed by atoms with Crippen molar-refractivity contribution in [2.45, 2.75) is 13.5 Å². The highest BCUT2D eigenvalue weighted by molar-refractivity contribution is 8.18. The lowest BCUT2D eigenvalue weighted by molar-refractivity contribution is -0.140. The molecule has 2 N–H and O–H groups in total. The van der Waals surface area contributed by atoms with Crippen molar-refractivity contribution in [3.8, 4) is 0 Å². The summed E-state index contributed by atoms with van der Waals surface area (Å²) in [7, 11) is 0. The normalized spacial score (nSPS) is 15.0. The number of hydrogen-bond donors (Lipinski definition) is 2. The van der Waals surface area contributed by atoms with E-state index in [9.17, 15) is 19.2 Å². The van der Waals surface area contributed by atoms with E-state index in [4.69, 9.17) is 5.11 Å². The van der Waals surface area contributed by atoms with Crippen LogP contribution in [0.5, 0.6) is 0 Å². The van der Waals surface area contributed by atoms with Crippen LogP contribution in [-0.2, 0) is 20.9 Å². The number of imide groups is 1. The zero-order chi connectivity index (χ0) is 22.8. The molecule has 0 saturated carbocycles. The van der Waals surface area contributed by atoms with E-state index in [1.807, 2.05) is 55.5 Å². The Hall–Kier alpha value is -3.85. The van der Waals surface area contributed by atoms with Crippen LogP contribution in [0.25, 0.3) is 17.0 Å². The topological polar surface area (TPSA) is 109 Å². The molecule has 1 aromatic heterocycles. The van der Waals surface area contributed by atoms with Crippen molar-refractivity contribution in [2.24, 2.45) is 0 Å². The van der Waals surface area contributed by atoms with Gasteiger partial charge in [0.05, 0.1) is 4.91 Å². The number of carbonyl (C=O) groups excluding carboxylic acids is 3. The smallest absolute Gasteiger partial charge is 0.323 e. The largest absolute Gasteiger partial charge is 0.480 e. The SMILES string of the molecule is Cc1cccc(NC(=O)Cn2cc(/C=C3/SC(=O)N(CC(=O)O)C3=O)c3ccccc32)c1. The number of benzene rings is 2. The zero-order valence-corrected chi connectivity index (χ0v) is 17.9. The van der Waals surface area contributed by atoms with E-state index in [1.165, 1.54) is 0 Å². The Morgan fingerprint density at radius 3 is 2.62 bits per heavy atom. The predicted octanol–water partition coefficient (Wildman–Crippen LogP) is 3.71. The molecule has 4 rings (SSSR count). The molecule has 1 aliphatic heterocycles. The number of para-hydroxylation sites is 1. The number of fused-ring (bicyclic) bond motifs is 1. The fourth-order valence-corrected chi connectivity index (χ4v) is 4.34. The van der Waals surface area contributed by atoms with Gasteiger partial charge in [-0.3, -0.25) is 24.1 Å². The Bertz CT molecular complexity index is 1290. The lowest BCUT2D eigenvalue weighted by atomic mass is 10.1. The van der Waals surface area contributed by atoms with E-state index >= 15 is 0 Å². The summed E-state index contributed by atoms with van der Waals surface area (Å²) in [6.07, 6.45) is 3.30. The number of amides is 3. The lowest BCUT2D eigenvalue weighted by Crippen LogP contribution is -2.33. The number of thioether (sulfide) groups is 1. The average molecular weight is 449 g/mol. The summed E-state index contributed by atoms with van der Waals surface area (Å²) in [6.45, 7) is 1.32. The third-order valence-electron chi connectivity index (χ3n) is 4.89. The molecule has 8 nitrogen and oxygen atoms in total. The van der Waals surface area contributed by atoms with Crippen LogP contribution in [0, 0.1) is 6.92 Å². The molecule has 1 saturated heterocycles. The highest BCUT2D eigenvalue weighted by atomic mass is 32.2. The molecule has 0 atom stereocenters. The van der Waals surface area contributed by atoms with Gasteiger partial charge >= 0.3 is 5.97 Å². The summed E-state index contributed by atoms with van der Waals surface area (Å²) in [5.74, 6) is -2.11. The summed E-state index contributed by atoms with van der Waals surface area (Å²) in [6, 6.07) is 14.9. The molecule has 162 valence electrons. The summed E-state index contributed by atoms with van der Waals surface area (Å²) in [5, 5.41) is 12.0. The van der Waals surface area contributed by atoms with E-state index in [1.54, 1.807) is 16.8 Å². The molecule has 9 heteroatoms. The second kappa shape index (κ2) is 8.72. The minimum atomic E-state index is -1.26. The van der Waals surface area contributed by atoms with E-state index in [0.717, 1.165) is 16.5 Å². The fraction of sp³-hybridized carbons (Fsp3) is 0.130. The second-order valence-corrected chi connectivity index (χ2v) is 8.30. The first kappa shape index (κ1) is 21.4. The number of carboxylic acid groups (broad SMARTS) is 1. The molecule has 2 aromatic carbocycles. The van der Waals surface area contributed by atoms with Crippen molar-refractivity contribution in [1.82, 2.24) is 9.47 Å². The standard InChI is InChI=1S/C23H19N3O5S/c1-14-5-4-6-16(9-14)24-20(27)12-25-11-15(17-7-2-3-8-18(17)25)10-19-22(30)26(13-21(28)29)23(31)32-19/h2-11H,12-13H2,1H3,(H,24,27)(H,28,29)/b19-10+. The van der Waals surface area contributed by atoms with Gasteiger partial charge in [-0.15, -0.1) is 0 Å². The van der Waals surface area contributed by atoms with Gasteiger partial charge in [0.2, 0.25) is 5.91 Å². The number of nitrogens with one attached hydrogen (secondary N) is 1. The summed E-state index contributed by atoms with van der Waals surface area (Å²) < 4.78 is 1.77. The zero-order valence-electron chi connectivity index (χ0n) is 17.1. The van der Waals surface area contributed by atoms with Crippen LogP contribution in [0.1, 0.15) is 11.1 Å². The number of rotatable bonds is 6. The molecule has 0 radical (unpaired) electrons. The fourth-order valence-electron chi connectivity index (χ4n) is 3.51. The Morgan fingerprint density at radius 2 is 1.88 bits per heavy atom. The summed E-state index contributed by atoms with van der Waals surface area (Å²) in [4.78, 5) is 48.9. The monoisotopic (exact) mass is 449 g/mol. The van der Waals surface area contributed by atoms with Gasteiger partial charge in [0.25, 0.3) is 11.1 Å². The number of aromatic nitrogens is 1. The number of anilines is 1. The van der Waals surface area contributed by atoms with Crippen molar-refractivity contribution in [3.05, 3.63) is 70.8 Å². The van der Waals surface area contributed by atoms with Gasteiger partial charge in [0, 0.05) is 28.4 Å². The molecule has 3 aromatic rings.